The maximum absolute atomic E-state index is 11.4. The predicted molar refractivity (Wildman–Crippen MR) is 60.5 cm³/mol. The first-order chi connectivity index (χ1) is 8.13. The third-order valence-electron chi connectivity index (χ3n) is 2.39. The van der Waals surface area contributed by atoms with Crippen LogP contribution in [0.3, 0.4) is 0 Å². The number of para-hydroxylation sites is 1. The minimum Gasteiger partial charge on any atom is -0.466 e. The van der Waals surface area contributed by atoms with E-state index in [2.05, 4.69) is 10.1 Å². The highest BCUT2D eigenvalue weighted by molar-refractivity contribution is 6.52. The Morgan fingerprint density at radius 2 is 2.12 bits per heavy atom. The fourth-order valence-electron chi connectivity index (χ4n) is 1.56. The standard InChI is InChI=1S/C12H9NO4/c1-17-9(14)6-5-7-3-2-4-8-10(7)13-12(16)11(8)15/h2-6H,1H3,(H,13,15,16). The molecule has 0 saturated carbocycles. The fraction of sp³-hybridized carbons (Fsp3) is 0.0833. The highest BCUT2D eigenvalue weighted by Gasteiger charge is 2.28. The summed E-state index contributed by atoms with van der Waals surface area (Å²) >= 11 is 0. The van der Waals surface area contributed by atoms with E-state index in [0.29, 0.717) is 16.8 Å². The van der Waals surface area contributed by atoms with Crippen LogP contribution in [0.2, 0.25) is 0 Å². The number of fused-ring (bicyclic) bond motifs is 1. The van der Waals surface area contributed by atoms with Gasteiger partial charge in [-0.1, -0.05) is 12.1 Å². The number of hydrogen-bond acceptors (Lipinski definition) is 4. The Morgan fingerprint density at radius 3 is 2.82 bits per heavy atom. The van der Waals surface area contributed by atoms with Crippen LogP contribution in [-0.2, 0) is 14.3 Å². The summed E-state index contributed by atoms with van der Waals surface area (Å²) in [7, 11) is 1.27. The van der Waals surface area contributed by atoms with Crippen molar-refractivity contribution in [3.05, 3.63) is 35.4 Å². The van der Waals surface area contributed by atoms with Gasteiger partial charge in [-0.3, -0.25) is 9.59 Å². The van der Waals surface area contributed by atoms with Crippen LogP contribution in [0.1, 0.15) is 15.9 Å². The summed E-state index contributed by atoms with van der Waals surface area (Å²) in [6.45, 7) is 0. The molecular formula is C12H9NO4. The van der Waals surface area contributed by atoms with E-state index in [1.54, 1.807) is 18.2 Å². The van der Waals surface area contributed by atoms with Gasteiger partial charge < -0.3 is 10.1 Å². The number of methoxy groups -OCH3 is 1. The van der Waals surface area contributed by atoms with E-state index >= 15 is 0 Å². The van der Waals surface area contributed by atoms with Gasteiger partial charge in [0.2, 0.25) is 0 Å². The molecule has 1 amide bonds. The van der Waals surface area contributed by atoms with E-state index in [4.69, 9.17) is 0 Å². The van der Waals surface area contributed by atoms with Gasteiger partial charge in [-0.2, -0.15) is 0 Å². The smallest absolute Gasteiger partial charge is 0.330 e. The molecule has 17 heavy (non-hydrogen) atoms. The minimum atomic E-state index is -0.654. The molecule has 0 unspecified atom stereocenters. The zero-order valence-electron chi connectivity index (χ0n) is 9.02. The molecule has 0 fully saturated rings. The fourth-order valence-corrected chi connectivity index (χ4v) is 1.56. The third-order valence-corrected chi connectivity index (χ3v) is 2.39. The molecule has 0 aliphatic carbocycles. The number of benzene rings is 1. The van der Waals surface area contributed by atoms with Crippen molar-refractivity contribution in [3.8, 4) is 0 Å². The monoisotopic (exact) mass is 231 g/mol. The summed E-state index contributed by atoms with van der Waals surface area (Å²) in [6.07, 6.45) is 2.72. The highest BCUT2D eigenvalue weighted by Crippen LogP contribution is 2.27. The number of hydrogen-bond donors (Lipinski definition) is 1. The summed E-state index contributed by atoms with van der Waals surface area (Å²) < 4.78 is 4.45. The molecule has 0 bridgehead atoms. The van der Waals surface area contributed by atoms with Gasteiger partial charge in [-0.25, -0.2) is 4.79 Å². The average Bonchev–Trinajstić information content (AvgIpc) is 2.63. The SMILES string of the molecule is COC(=O)C=Cc1cccc2c1NC(=O)C2=O. The first-order valence-corrected chi connectivity index (χ1v) is 4.88. The second kappa shape index (κ2) is 4.21. The van der Waals surface area contributed by atoms with Crippen molar-refractivity contribution in [1.82, 2.24) is 0 Å². The Bertz CT molecular complexity index is 545. The molecule has 1 N–H and O–H groups in total. The van der Waals surface area contributed by atoms with E-state index in [1.165, 1.54) is 19.3 Å². The van der Waals surface area contributed by atoms with Crippen molar-refractivity contribution in [2.24, 2.45) is 0 Å². The first-order valence-electron chi connectivity index (χ1n) is 4.88. The Balaban J connectivity index is 2.39. The van der Waals surface area contributed by atoms with Gasteiger partial charge in [0.15, 0.2) is 0 Å². The molecule has 1 aromatic carbocycles. The highest BCUT2D eigenvalue weighted by atomic mass is 16.5. The number of amides is 1. The Morgan fingerprint density at radius 1 is 1.35 bits per heavy atom. The molecule has 0 spiro atoms. The van der Waals surface area contributed by atoms with Gasteiger partial charge in [-0.15, -0.1) is 0 Å². The van der Waals surface area contributed by atoms with E-state index < -0.39 is 17.7 Å². The number of carbonyl (C=O) groups excluding carboxylic acids is 3. The minimum absolute atomic E-state index is 0.321. The van der Waals surface area contributed by atoms with E-state index in [-0.39, 0.29) is 0 Å². The summed E-state index contributed by atoms with van der Waals surface area (Å²) in [4.78, 5) is 33.6. The zero-order valence-corrected chi connectivity index (χ0v) is 9.02. The van der Waals surface area contributed by atoms with Gasteiger partial charge in [-0.05, 0) is 17.7 Å². The Hall–Kier alpha value is -2.43. The summed E-state index contributed by atoms with van der Waals surface area (Å²) in [5.41, 5.74) is 1.34. The number of esters is 1. The molecule has 1 heterocycles. The number of nitrogens with one attached hydrogen (secondary N) is 1. The van der Waals surface area contributed by atoms with Crippen molar-refractivity contribution in [2.75, 3.05) is 12.4 Å². The van der Waals surface area contributed by atoms with Crippen LogP contribution in [0.5, 0.6) is 0 Å². The lowest BCUT2D eigenvalue weighted by atomic mass is 10.1. The van der Waals surface area contributed by atoms with Gasteiger partial charge in [0.1, 0.15) is 0 Å². The number of Topliss-reactive ketones (excluding diaryl/α,β-unsaturated/α-hetero) is 1. The quantitative estimate of drug-likeness (QED) is 0.468. The molecule has 5 heteroatoms. The number of carbonyl (C=O) groups is 3. The van der Waals surface area contributed by atoms with E-state index in [9.17, 15) is 14.4 Å². The topological polar surface area (TPSA) is 72.5 Å². The molecule has 2 rings (SSSR count). The largest absolute Gasteiger partial charge is 0.466 e. The van der Waals surface area contributed by atoms with Gasteiger partial charge in [0, 0.05) is 6.08 Å². The van der Waals surface area contributed by atoms with Gasteiger partial charge in [0.05, 0.1) is 18.4 Å². The number of anilines is 1. The number of ether oxygens (including phenoxy) is 1. The molecule has 1 aliphatic heterocycles. The molecule has 0 atom stereocenters. The van der Waals surface area contributed by atoms with Crippen molar-refractivity contribution in [1.29, 1.82) is 0 Å². The molecule has 0 aromatic heterocycles. The van der Waals surface area contributed by atoms with Crippen LogP contribution < -0.4 is 5.32 Å². The second-order valence-electron chi connectivity index (χ2n) is 3.41. The van der Waals surface area contributed by atoms with Crippen LogP contribution in [-0.4, -0.2) is 24.8 Å². The average molecular weight is 231 g/mol. The van der Waals surface area contributed by atoms with E-state index in [0.717, 1.165) is 0 Å². The van der Waals surface area contributed by atoms with E-state index in [1.807, 2.05) is 0 Å². The lowest BCUT2D eigenvalue weighted by Gasteiger charge is -2.01. The molecule has 0 radical (unpaired) electrons. The lowest BCUT2D eigenvalue weighted by molar-refractivity contribution is -0.134. The Labute approximate surface area is 97.1 Å². The normalized spacial score (nSPS) is 13.7. The number of ketones is 1. The van der Waals surface area contributed by atoms with Gasteiger partial charge in [0.25, 0.3) is 11.7 Å². The lowest BCUT2D eigenvalue weighted by Crippen LogP contribution is -2.12. The molecule has 5 nitrogen and oxygen atoms in total. The second-order valence-corrected chi connectivity index (χ2v) is 3.41. The van der Waals surface area contributed by atoms with Crippen molar-refractivity contribution in [2.45, 2.75) is 0 Å². The Kier molecular flexibility index (Phi) is 2.74. The zero-order chi connectivity index (χ0) is 12.4. The molecular weight excluding hydrogens is 222 g/mol. The first kappa shape index (κ1) is 11.1. The van der Waals surface area contributed by atoms with Crippen LogP contribution in [0.4, 0.5) is 5.69 Å². The summed E-state index contributed by atoms with van der Waals surface area (Å²) in [5, 5.41) is 2.47. The van der Waals surface area contributed by atoms with Crippen LogP contribution >= 0.6 is 0 Å². The molecule has 1 aliphatic rings. The predicted octanol–water partition coefficient (Wildman–Crippen LogP) is 1.01. The maximum atomic E-state index is 11.4. The van der Waals surface area contributed by atoms with Crippen LogP contribution in [0.15, 0.2) is 24.3 Å². The summed E-state index contributed by atoms with van der Waals surface area (Å²) in [6, 6.07) is 4.90. The molecule has 0 saturated heterocycles. The maximum Gasteiger partial charge on any atom is 0.330 e. The molecule has 1 aromatic rings. The van der Waals surface area contributed by atoms with Crippen molar-refractivity contribution < 1.29 is 19.1 Å². The third kappa shape index (κ3) is 1.94. The summed E-state index contributed by atoms with van der Waals surface area (Å²) in [5.74, 6) is -1.72. The van der Waals surface area contributed by atoms with Crippen LogP contribution in [0.25, 0.3) is 6.08 Å². The molecule has 86 valence electrons. The number of rotatable bonds is 2. The van der Waals surface area contributed by atoms with Crippen molar-refractivity contribution in [3.63, 3.8) is 0 Å². The van der Waals surface area contributed by atoms with Gasteiger partial charge >= 0.3 is 5.97 Å². The van der Waals surface area contributed by atoms with Crippen LogP contribution in [0, 0.1) is 0 Å². The van der Waals surface area contributed by atoms with Crippen molar-refractivity contribution >= 4 is 29.4 Å².